The Kier molecular flexibility index (Phi) is 7.36. The van der Waals surface area contributed by atoms with Crippen LogP contribution in [0.2, 0.25) is 0 Å². The van der Waals surface area contributed by atoms with Gasteiger partial charge in [0.1, 0.15) is 6.04 Å². The Morgan fingerprint density at radius 2 is 1.54 bits per heavy atom. The van der Waals surface area contributed by atoms with Crippen molar-refractivity contribution in [2.75, 3.05) is 14.2 Å². The van der Waals surface area contributed by atoms with Gasteiger partial charge in [0.25, 0.3) is 0 Å². The molecule has 0 spiro atoms. The zero-order valence-electron chi connectivity index (χ0n) is 15.3. The number of ether oxygens (including phenoxy) is 1. The van der Waals surface area contributed by atoms with Gasteiger partial charge in [-0.05, 0) is 24.0 Å². The van der Waals surface area contributed by atoms with Gasteiger partial charge in [-0.15, -0.1) is 0 Å². The molecule has 0 saturated carbocycles. The molecule has 2 rings (SSSR count). The first-order chi connectivity index (χ1) is 12.5. The second kappa shape index (κ2) is 9.73. The van der Waals surface area contributed by atoms with E-state index < -0.39 is 18.1 Å². The third-order valence-electron chi connectivity index (χ3n) is 4.46. The van der Waals surface area contributed by atoms with E-state index in [1.54, 1.807) is 7.05 Å². The van der Waals surface area contributed by atoms with Crippen LogP contribution in [0.1, 0.15) is 17.5 Å². The zero-order chi connectivity index (χ0) is 18.9. The van der Waals surface area contributed by atoms with E-state index in [0.717, 1.165) is 11.1 Å². The second-order valence-corrected chi connectivity index (χ2v) is 6.31. The monoisotopic (exact) mass is 354 g/mol. The lowest BCUT2D eigenvalue weighted by molar-refractivity contribution is -0.152. The fraction of sp³-hybridized carbons (Fsp3) is 0.333. The molecule has 0 fully saturated rings. The van der Waals surface area contributed by atoms with Crippen LogP contribution < -0.4 is 5.73 Å². The lowest BCUT2D eigenvalue weighted by atomic mass is 10.0. The number of nitrogens with zero attached hydrogens (tertiary/aromatic N) is 1. The highest BCUT2D eigenvalue weighted by molar-refractivity contribution is 5.87. The minimum atomic E-state index is -0.697. The molecule has 2 aromatic carbocycles. The molecule has 0 aromatic heterocycles. The van der Waals surface area contributed by atoms with Crippen LogP contribution in [0.25, 0.3) is 0 Å². The summed E-state index contributed by atoms with van der Waals surface area (Å²) in [4.78, 5) is 26.3. The van der Waals surface area contributed by atoms with Crippen LogP contribution in [0.3, 0.4) is 0 Å². The molecule has 5 heteroatoms. The number of carbonyl (C=O) groups excluding carboxylic acids is 2. The summed E-state index contributed by atoms with van der Waals surface area (Å²) in [7, 11) is 2.93. The number of rotatable bonds is 8. The average Bonchev–Trinajstić information content (AvgIpc) is 2.70. The molecule has 2 atom stereocenters. The molecule has 0 aliphatic carbocycles. The van der Waals surface area contributed by atoms with Crippen molar-refractivity contribution >= 4 is 11.9 Å². The van der Waals surface area contributed by atoms with Crippen LogP contribution >= 0.6 is 0 Å². The summed E-state index contributed by atoms with van der Waals surface area (Å²) in [6.45, 7) is 0. The standard InChI is InChI=1S/C21H26N2O3/c1-23(19(21(25)26-2)15-17-11-7-4-8-12-17)20(24)18(22)14-13-16-9-5-3-6-10-16/h3-12,18-19H,13-15,22H2,1-2H3/t18-,19-/m0/s1. The normalized spacial score (nSPS) is 12.9. The van der Waals surface area contributed by atoms with Crippen molar-refractivity contribution in [1.29, 1.82) is 0 Å². The minimum Gasteiger partial charge on any atom is -0.467 e. The molecular formula is C21H26N2O3. The fourth-order valence-electron chi connectivity index (χ4n) is 2.86. The maximum Gasteiger partial charge on any atom is 0.328 e. The van der Waals surface area contributed by atoms with Crippen LogP contribution in [0.4, 0.5) is 0 Å². The van der Waals surface area contributed by atoms with Gasteiger partial charge in [0, 0.05) is 13.5 Å². The molecule has 0 radical (unpaired) electrons. The Labute approximate surface area is 154 Å². The van der Waals surface area contributed by atoms with Crippen molar-refractivity contribution in [1.82, 2.24) is 4.90 Å². The van der Waals surface area contributed by atoms with Crippen molar-refractivity contribution in [2.24, 2.45) is 5.73 Å². The van der Waals surface area contributed by atoms with Gasteiger partial charge in [0.2, 0.25) is 5.91 Å². The fourth-order valence-corrected chi connectivity index (χ4v) is 2.86. The van der Waals surface area contributed by atoms with Crippen LogP contribution in [0.5, 0.6) is 0 Å². The smallest absolute Gasteiger partial charge is 0.328 e. The molecule has 0 aliphatic heterocycles. The van der Waals surface area contributed by atoms with Gasteiger partial charge in [-0.25, -0.2) is 4.79 Å². The molecule has 2 aromatic rings. The van der Waals surface area contributed by atoms with Crippen molar-refractivity contribution in [3.63, 3.8) is 0 Å². The topological polar surface area (TPSA) is 72.6 Å². The van der Waals surface area contributed by atoms with E-state index in [1.165, 1.54) is 12.0 Å². The molecule has 0 bridgehead atoms. The number of hydrogen-bond acceptors (Lipinski definition) is 4. The number of carbonyl (C=O) groups is 2. The van der Waals surface area contributed by atoms with E-state index >= 15 is 0 Å². The lowest BCUT2D eigenvalue weighted by Gasteiger charge is -2.28. The molecule has 2 N–H and O–H groups in total. The SMILES string of the molecule is COC(=O)[C@H](Cc1ccccc1)N(C)C(=O)[C@@H](N)CCc1ccccc1. The summed E-state index contributed by atoms with van der Waals surface area (Å²) >= 11 is 0. The van der Waals surface area contributed by atoms with Gasteiger partial charge in [0.15, 0.2) is 0 Å². The Hall–Kier alpha value is -2.66. The van der Waals surface area contributed by atoms with Gasteiger partial charge in [-0.2, -0.15) is 0 Å². The predicted octanol–water partition coefficient (Wildman–Crippen LogP) is 2.19. The van der Waals surface area contributed by atoms with E-state index in [-0.39, 0.29) is 5.91 Å². The van der Waals surface area contributed by atoms with Crippen LogP contribution in [0, 0.1) is 0 Å². The quantitative estimate of drug-likeness (QED) is 0.738. The van der Waals surface area contributed by atoms with Crippen LogP contribution in [0.15, 0.2) is 60.7 Å². The Bertz CT molecular complexity index is 704. The predicted molar refractivity (Wildman–Crippen MR) is 101 cm³/mol. The Balaban J connectivity index is 2.02. The highest BCUT2D eigenvalue weighted by Gasteiger charge is 2.30. The lowest BCUT2D eigenvalue weighted by Crippen LogP contribution is -2.50. The molecule has 138 valence electrons. The number of nitrogens with two attached hydrogens (primary N) is 1. The van der Waals surface area contributed by atoms with E-state index in [0.29, 0.717) is 19.3 Å². The summed E-state index contributed by atoms with van der Waals surface area (Å²) in [5.74, 6) is -0.702. The first kappa shape index (κ1) is 19.7. The molecule has 26 heavy (non-hydrogen) atoms. The molecular weight excluding hydrogens is 328 g/mol. The third kappa shape index (κ3) is 5.43. The highest BCUT2D eigenvalue weighted by Crippen LogP contribution is 2.12. The molecule has 5 nitrogen and oxygen atoms in total. The maximum absolute atomic E-state index is 12.7. The zero-order valence-corrected chi connectivity index (χ0v) is 15.3. The van der Waals surface area contributed by atoms with E-state index in [2.05, 4.69) is 0 Å². The largest absolute Gasteiger partial charge is 0.467 e. The number of hydrogen-bond donors (Lipinski definition) is 1. The van der Waals surface area contributed by atoms with Crippen molar-refractivity contribution in [3.8, 4) is 0 Å². The highest BCUT2D eigenvalue weighted by atomic mass is 16.5. The van der Waals surface area contributed by atoms with Gasteiger partial charge in [-0.3, -0.25) is 4.79 Å². The Morgan fingerprint density at radius 3 is 2.08 bits per heavy atom. The first-order valence-corrected chi connectivity index (χ1v) is 8.71. The van der Waals surface area contributed by atoms with Gasteiger partial charge < -0.3 is 15.4 Å². The van der Waals surface area contributed by atoms with E-state index in [9.17, 15) is 9.59 Å². The summed E-state index contributed by atoms with van der Waals surface area (Å²) in [5.41, 5.74) is 8.19. The van der Waals surface area contributed by atoms with Crippen molar-refractivity contribution in [3.05, 3.63) is 71.8 Å². The molecule has 0 unspecified atom stereocenters. The van der Waals surface area contributed by atoms with Gasteiger partial charge in [0.05, 0.1) is 13.2 Å². The Morgan fingerprint density at radius 1 is 1.00 bits per heavy atom. The first-order valence-electron chi connectivity index (χ1n) is 8.71. The summed E-state index contributed by atoms with van der Waals surface area (Å²) < 4.78 is 4.89. The number of benzene rings is 2. The summed E-state index contributed by atoms with van der Waals surface area (Å²) in [6.07, 6.45) is 1.62. The second-order valence-electron chi connectivity index (χ2n) is 6.31. The molecule has 0 aliphatic rings. The van der Waals surface area contributed by atoms with Crippen molar-refractivity contribution < 1.29 is 14.3 Å². The van der Waals surface area contributed by atoms with E-state index in [1.807, 2.05) is 60.7 Å². The summed E-state index contributed by atoms with van der Waals surface area (Å²) in [5, 5.41) is 0. The number of esters is 1. The number of aryl methyl sites for hydroxylation is 1. The van der Waals surface area contributed by atoms with Gasteiger partial charge >= 0.3 is 5.97 Å². The van der Waals surface area contributed by atoms with Crippen molar-refractivity contribution in [2.45, 2.75) is 31.3 Å². The van der Waals surface area contributed by atoms with Gasteiger partial charge in [-0.1, -0.05) is 60.7 Å². The van der Waals surface area contributed by atoms with Crippen LogP contribution in [-0.4, -0.2) is 43.0 Å². The summed E-state index contributed by atoms with van der Waals surface area (Å²) in [6, 6.07) is 18.1. The van der Waals surface area contributed by atoms with E-state index in [4.69, 9.17) is 10.5 Å². The van der Waals surface area contributed by atoms with Crippen LogP contribution in [-0.2, 0) is 27.2 Å². The number of methoxy groups -OCH3 is 1. The third-order valence-corrected chi connectivity index (χ3v) is 4.46. The number of likely N-dealkylation sites (N-methyl/N-ethyl adjacent to an activating group) is 1. The average molecular weight is 354 g/mol. The number of amides is 1. The molecule has 0 heterocycles. The molecule has 0 saturated heterocycles. The minimum absolute atomic E-state index is 0.257. The molecule has 1 amide bonds. The maximum atomic E-state index is 12.7.